The van der Waals surface area contributed by atoms with Gasteiger partial charge >= 0.3 is 11.9 Å². The Bertz CT molecular complexity index is 663. The highest BCUT2D eigenvalue weighted by atomic mass is 16.5. The molecule has 0 bridgehead atoms. The minimum atomic E-state index is -1.03. The second-order valence-corrected chi connectivity index (χ2v) is 6.79. The first kappa shape index (κ1) is 27.2. The molecule has 0 atom stereocenters. The molecule has 0 heterocycles. The van der Waals surface area contributed by atoms with Gasteiger partial charge in [0.1, 0.15) is 23.3 Å². The van der Waals surface area contributed by atoms with Crippen LogP contribution < -0.4 is 0 Å². The van der Waals surface area contributed by atoms with E-state index in [-0.39, 0.29) is 28.5 Å². The van der Waals surface area contributed by atoms with Crippen molar-refractivity contribution in [2.45, 2.75) is 60.3 Å². The van der Waals surface area contributed by atoms with Crippen LogP contribution in [0.1, 0.15) is 81.0 Å². The van der Waals surface area contributed by atoms with Crippen LogP contribution in [0.2, 0.25) is 0 Å². The van der Waals surface area contributed by atoms with E-state index in [1.807, 2.05) is 13.8 Å². The van der Waals surface area contributed by atoms with Gasteiger partial charge in [0.25, 0.3) is 0 Å². The highest BCUT2D eigenvalue weighted by molar-refractivity contribution is 6.17. The molecule has 0 amide bonds. The maximum Gasteiger partial charge on any atom is 0.339 e. The Morgan fingerprint density at radius 3 is 1.27 bits per heavy atom. The Labute approximate surface area is 178 Å². The van der Waals surface area contributed by atoms with Crippen LogP contribution in [0.5, 0.6) is 0 Å². The van der Waals surface area contributed by atoms with Crippen molar-refractivity contribution in [3.63, 3.8) is 0 Å². The van der Waals surface area contributed by atoms with Crippen molar-refractivity contribution in [3.05, 3.63) is 35.4 Å². The average molecular weight is 421 g/mol. The maximum atomic E-state index is 11.9. The predicted molar refractivity (Wildman–Crippen MR) is 112 cm³/mol. The number of ether oxygens (including phenoxy) is 2. The molecule has 1 aromatic rings. The fourth-order valence-electron chi connectivity index (χ4n) is 2.47. The molecule has 0 aliphatic heterocycles. The van der Waals surface area contributed by atoms with Crippen molar-refractivity contribution in [1.29, 1.82) is 0 Å². The quantitative estimate of drug-likeness (QED) is 0.303. The maximum absolute atomic E-state index is 11.9. The summed E-state index contributed by atoms with van der Waals surface area (Å²) in [6.07, 6.45) is 3.53. The number of hydrogen-bond donors (Lipinski definition) is 0. The minimum absolute atomic E-state index is 0.269. The molecule has 0 aliphatic carbocycles. The predicted octanol–water partition coefficient (Wildman–Crippen LogP) is 3.97. The van der Waals surface area contributed by atoms with Gasteiger partial charge in [-0.05, 0) is 45.7 Å². The highest BCUT2D eigenvalue weighted by Crippen LogP contribution is 2.12. The number of ketones is 3. The molecule has 0 N–H and O–H groups in total. The summed E-state index contributed by atoms with van der Waals surface area (Å²) in [4.78, 5) is 55.6. The highest BCUT2D eigenvalue weighted by Gasteiger charge is 2.23. The second kappa shape index (κ2) is 15.1. The van der Waals surface area contributed by atoms with E-state index in [1.165, 1.54) is 20.8 Å². The molecule has 1 aromatic carbocycles. The molecule has 166 valence electrons. The molecule has 0 aliphatic rings. The standard InChI is InChI=1S/C16H22O4.C7H10O3/c1-3-5-11-19-15(17)13-9-7-8-10-14(13)16(18)20-12-6-4-2;1-4(8)7(5(2)9)6(3)10/h7-10H,3-6,11-12H2,1-2H3;7H,1-3H3. The lowest BCUT2D eigenvalue weighted by atomic mass is 9.97. The van der Waals surface area contributed by atoms with Crippen LogP contribution in [0.3, 0.4) is 0 Å². The number of Topliss-reactive ketones (excluding diaryl/α,β-unsaturated/α-hetero) is 3. The van der Waals surface area contributed by atoms with E-state index in [1.54, 1.807) is 24.3 Å². The largest absolute Gasteiger partial charge is 0.462 e. The lowest BCUT2D eigenvalue weighted by molar-refractivity contribution is -0.137. The Kier molecular flexibility index (Phi) is 13.6. The van der Waals surface area contributed by atoms with E-state index < -0.39 is 17.9 Å². The number of unbranched alkanes of at least 4 members (excludes halogenated alkanes) is 2. The van der Waals surface area contributed by atoms with Gasteiger partial charge < -0.3 is 9.47 Å². The van der Waals surface area contributed by atoms with Crippen molar-refractivity contribution in [2.75, 3.05) is 13.2 Å². The van der Waals surface area contributed by atoms with Gasteiger partial charge in [0, 0.05) is 0 Å². The lowest BCUT2D eigenvalue weighted by Crippen LogP contribution is -2.26. The summed E-state index contributed by atoms with van der Waals surface area (Å²) in [5, 5.41) is 0. The zero-order valence-corrected chi connectivity index (χ0v) is 18.5. The Hall–Kier alpha value is -2.83. The van der Waals surface area contributed by atoms with Crippen molar-refractivity contribution >= 4 is 29.3 Å². The molecule has 0 unspecified atom stereocenters. The van der Waals surface area contributed by atoms with Crippen molar-refractivity contribution in [2.24, 2.45) is 5.92 Å². The molecule has 30 heavy (non-hydrogen) atoms. The average Bonchev–Trinajstić information content (AvgIpc) is 2.67. The van der Waals surface area contributed by atoms with Crippen LogP contribution in [0.25, 0.3) is 0 Å². The molecule has 0 saturated heterocycles. The summed E-state index contributed by atoms with van der Waals surface area (Å²) in [5.74, 6) is -3.09. The van der Waals surface area contributed by atoms with Gasteiger partial charge in [-0.2, -0.15) is 0 Å². The van der Waals surface area contributed by atoms with Gasteiger partial charge in [-0.3, -0.25) is 14.4 Å². The third-order valence-electron chi connectivity index (χ3n) is 4.05. The van der Waals surface area contributed by atoms with Gasteiger partial charge in [0.05, 0.1) is 24.3 Å². The fourth-order valence-corrected chi connectivity index (χ4v) is 2.47. The summed E-state index contributed by atoms with van der Waals surface area (Å²) in [5.41, 5.74) is 0.537. The zero-order chi connectivity index (χ0) is 23.1. The first-order valence-corrected chi connectivity index (χ1v) is 10.1. The number of benzene rings is 1. The van der Waals surface area contributed by atoms with Gasteiger partial charge in [-0.15, -0.1) is 0 Å². The topological polar surface area (TPSA) is 104 Å². The number of carbonyl (C=O) groups excluding carboxylic acids is 5. The van der Waals surface area contributed by atoms with Crippen LogP contribution in [0.15, 0.2) is 24.3 Å². The third-order valence-corrected chi connectivity index (χ3v) is 4.05. The van der Waals surface area contributed by atoms with Gasteiger partial charge in [0.2, 0.25) is 0 Å². The third kappa shape index (κ3) is 10.1. The van der Waals surface area contributed by atoms with Crippen molar-refractivity contribution < 1.29 is 33.4 Å². The molecule has 0 fully saturated rings. The van der Waals surface area contributed by atoms with Gasteiger partial charge in [-0.1, -0.05) is 38.8 Å². The molecule has 7 nitrogen and oxygen atoms in total. The lowest BCUT2D eigenvalue weighted by Gasteiger charge is -2.09. The smallest absolute Gasteiger partial charge is 0.339 e. The monoisotopic (exact) mass is 420 g/mol. The minimum Gasteiger partial charge on any atom is -0.462 e. The van der Waals surface area contributed by atoms with Crippen LogP contribution >= 0.6 is 0 Å². The number of esters is 2. The van der Waals surface area contributed by atoms with E-state index >= 15 is 0 Å². The van der Waals surface area contributed by atoms with E-state index in [9.17, 15) is 24.0 Å². The van der Waals surface area contributed by atoms with Crippen LogP contribution in [-0.2, 0) is 23.9 Å². The Morgan fingerprint density at radius 2 is 1.03 bits per heavy atom. The first-order valence-electron chi connectivity index (χ1n) is 10.1. The molecule has 1 rings (SSSR count). The van der Waals surface area contributed by atoms with Crippen LogP contribution in [-0.4, -0.2) is 42.5 Å². The number of hydrogen-bond acceptors (Lipinski definition) is 7. The summed E-state index contributed by atoms with van der Waals surface area (Å²) in [6, 6.07) is 6.59. The van der Waals surface area contributed by atoms with Gasteiger partial charge in [0.15, 0.2) is 0 Å². The molecular weight excluding hydrogens is 388 g/mol. The van der Waals surface area contributed by atoms with E-state index in [0.29, 0.717) is 13.2 Å². The molecular formula is C23H32O7. The van der Waals surface area contributed by atoms with Crippen molar-refractivity contribution in [1.82, 2.24) is 0 Å². The van der Waals surface area contributed by atoms with E-state index in [2.05, 4.69) is 0 Å². The zero-order valence-electron chi connectivity index (χ0n) is 18.5. The van der Waals surface area contributed by atoms with Crippen molar-refractivity contribution in [3.8, 4) is 0 Å². The summed E-state index contributed by atoms with van der Waals surface area (Å²) in [7, 11) is 0. The second-order valence-electron chi connectivity index (χ2n) is 6.79. The number of rotatable bonds is 11. The molecule has 7 heteroatoms. The summed E-state index contributed by atoms with van der Waals surface area (Å²) < 4.78 is 10.3. The van der Waals surface area contributed by atoms with Crippen LogP contribution in [0.4, 0.5) is 0 Å². The fraction of sp³-hybridized carbons (Fsp3) is 0.522. The molecule has 0 saturated carbocycles. The normalized spacial score (nSPS) is 9.93. The summed E-state index contributed by atoms with van der Waals surface area (Å²) in [6.45, 7) is 8.51. The first-order chi connectivity index (χ1) is 14.2. The van der Waals surface area contributed by atoms with Gasteiger partial charge in [-0.25, -0.2) is 9.59 Å². The van der Waals surface area contributed by atoms with E-state index in [4.69, 9.17) is 9.47 Å². The Morgan fingerprint density at radius 1 is 0.700 bits per heavy atom. The van der Waals surface area contributed by atoms with Crippen LogP contribution in [0, 0.1) is 5.92 Å². The molecule has 0 radical (unpaired) electrons. The number of carbonyl (C=O) groups is 5. The SMILES string of the molecule is CC(=O)C(C(C)=O)C(C)=O.CCCCOC(=O)c1ccccc1C(=O)OCCCC. The Balaban J connectivity index is 0.000000710. The molecule has 0 spiro atoms. The van der Waals surface area contributed by atoms with E-state index in [0.717, 1.165) is 25.7 Å². The summed E-state index contributed by atoms with van der Waals surface area (Å²) >= 11 is 0. The molecule has 0 aromatic heterocycles.